The van der Waals surface area contributed by atoms with Gasteiger partial charge in [-0.05, 0) is 19.1 Å². The Kier molecular flexibility index (Phi) is 4.56. The molecule has 1 aromatic rings. The number of hydrogen-bond acceptors (Lipinski definition) is 2. The number of alkyl halides is 1. The van der Waals surface area contributed by atoms with Gasteiger partial charge in [0, 0.05) is 31.9 Å². The summed E-state index contributed by atoms with van der Waals surface area (Å²) in [5.74, 6) is -0.0485. The first-order chi connectivity index (χ1) is 7.11. The molecular weight excluding hydrogens is 212 g/mol. The maximum Gasteiger partial charge on any atom is 0.240 e. The van der Waals surface area contributed by atoms with Crippen molar-refractivity contribution >= 4 is 17.5 Å². The number of carbonyl (C=O) groups is 1. The Bertz CT molecular complexity index is 314. The molecule has 3 nitrogen and oxygen atoms in total. The van der Waals surface area contributed by atoms with Gasteiger partial charge in [0.1, 0.15) is 5.38 Å². The zero-order valence-electron chi connectivity index (χ0n) is 8.98. The molecule has 0 radical (unpaired) electrons. The van der Waals surface area contributed by atoms with E-state index in [4.69, 9.17) is 11.6 Å². The van der Waals surface area contributed by atoms with Crippen molar-refractivity contribution in [1.82, 2.24) is 9.88 Å². The van der Waals surface area contributed by atoms with Crippen LogP contribution in [0.15, 0.2) is 24.4 Å². The molecule has 1 aromatic heterocycles. The molecule has 0 saturated carbocycles. The smallest absolute Gasteiger partial charge is 0.240 e. The van der Waals surface area contributed by atoms with Crippen molar-refractivity contribution in [2.45, 2.75) is 18.7 Å². The highest BCUT2D eigenvalue weighted by Crippen LogP contribution is 2.01. The number of hydrogen-bond donors (Lipinski definition) is 0. The Labute approximate surface area is 95.1 Å². The second-order valence-corrected chi connectivity index (χ2v) is 4.10. The van der Waals surface area contributed by atoms with Crippen LogP contribution in [0.1, 0.15) is 12.6 Å². The van der Waals surface area contributed by atoms with Crippen molar-refractivity contribution in [2.24, 2.45) is 0 Å². The number of amides is 1. The molecule has 0 fully saturated rings. The number of aromatic nitrogens is 1. The highest BCUT2D eigenvalue weighted by molar-refractivity contribution is 6.30. The predicted octanol–water partition coefficient (Wildman–Crippen LogP) is 1.71. The molecule has 0 N–H and O–H groups in total. The number of likely N-dealkylation sites (N-methyl/N-ethyl adjacent to an activating group) is 1. The standard InChI is InChI=1S/C11H15ClN2O/c1-9(12)11(15)14(2)8-6-10-5-3-4-7-13-10/h3-5,7,9H,6,8H2,1-2H3. The zero-order valence-corrected chi connectivity index (χ0v) is 9.74. The Morgan fingerprint density at radius 3 is 2.87 bits per heavy atom. The van der Waals surface area contributed by atoms with Crippen LogP contribution < -0.4 is 0 Å². The van der Waals surface area contributed by atoms with Gasteiger partial charge in [-0.3, -0.25) is 9.78 Å². The van der Waals surface area contributed by atoms with E-state index in [1.807, 2.05) is 18.2 Å². The van der Waals surface area contributed by atoms with Crippen molar-refractivity contribution in [1.29, 1.82) is 0 Å². The average Bonchev–Trinajstić information content (AvgIpc) is 2.26. The zero-order chi connectivity index (χ0) is 11.3. The summed E-state index contributed by atoms with van der Waals surface area (Å²) in [4.78, 5) is 17.3. The molecule has 4 heteroatoms. The largest absolute Gasteiger partial charge is 0.344 e. The molecule has 82 valence electrons. The Morgan fingerprint density at radius 1 is 1.60 bits per heavy atom. The van der Waals surface area contributed by atoms with Crippen LogP contribution in [0, 0.1) is 0 Å². The average molecular weight is 227 g/mol. The highest BCUT2D eigenvalue weighted by atomic mass is 35.5. The van der Waals surface area contributed by atoms with Gasteiger partial charge in [0.25, 0.3) is 0 Å². The van der Waals surface area contributed by atoms with Gasteiger partial charge in [0.2, 0.25) is 5.91 Å². The quantitative estimate of drug-likeness (QED) is 0.733. The first-order valence-electron chi connectivity index (χ1n) is 4.90. The number of nitrogens with zero attached hydrogens (tertiary/aromatic N) is 2. The van der Waals surface area contributed by atoms with Gasteiger partial charge in [0.15, 0.2) is 0 Å². The minimum absolute atomic E-state index is 0.0485. The van der Waals surface area contributed by atoms with Crippen molar-refractivity contribution in [3.8, 4) is 0 Å². The number of carbonyl (C=O) groups excluding carboxylic acids is 1. The molecule has 0 saturated heterocycles. The van der Waals surface area contributed by atoms with Crippen LogP contribution in [0.5, 0.6) is 0 Å². The second kappa shape index (κ2) is 5.71. The van der Waals surface area contributed by atoms with Crippen LogP contribution in [0.25, 0.3) is 0 Å². The summed E-state index contributed by atoms with van der Waals surface area (Å²) in [5.41, 5.74) is 0.986. The van der Waals surface area contributed by atoms with E-state index in [9.17, 15) is 4.79 Å². The first-order valence-corrected chi connectivity index (χ1v) is 5.34. The molecule has 15 heavy (non-hydrogen) atoms. The lowest BCUT2D eigenvalue weighted by Gasteiger charge is -2.17. The molecule has 0 aliphatic heterocycles. The fraction of sp³-hybridized carbons (Fsp3) is 0.455. The lowest BCUT2D eigenvalue weighted by Crippen LogP contribution is -2.33. The SMILES string of the molecule is CC(Cl)C(=O)N(C)CCc1ccccn1. The summed E-state index contributed by atoms with van der Waals surface area (Å²) in [5, 5.41) is -0.460. The van der Waals surface area contributed by atoms with Gasteiger partial charge in [-0.2, -0.15) is 0 Å². The Morgan fingerprint density at radius 2 is 2.33 bits per heavy atom. The van der Waals surface area contributed by atoms with Crippen molar-refractivity contribution < 1.29 is 4.79 Å². The van der Waals surface area contributed by atoms with Crippen molar-refractivity contribution in [3.05, 3.63) is 30.1 Å². The van der Waals surface area contributed by atoms with E-state index in [-0.39, 0.29) is 5.91 Å². The Hall–Kier alpha value is -1.09. The third kappa shape index (κ3) is 3.88. The van der Waals surface area contributed by atoms with Gasteiger partial charge in [-0.25, -0.2) is 0 Å². The molecule has 0 bridgehead atoms. The van der Waals surface area contributed by atoms with Crippen LogP contribution in [0.3, 0.4) is 0 Å². The monoisotopic (exact) mass is 226 g/mol. The first kappa shape index (κ1) is 12.0. The maximum atomic E-state index is 11.4. The second-order valence-electron chi connectivity index (χ2n) is 3.45. The summed E-state index contributed by atoms with van der Waals surface area (Å²) in [7, 11) is 1.75. The summed E-state index contributed by atoms with van der Waals surface area (Å²) >= 11 is 5.70. The lowest BCUT2D eigenvalue weighted by molar-refractivity contribution is -0.129. The van der Waals surface area contributed by atoms with Gasteiger partial charge < -0.3 is 4.90 Å². The molecule has 1 unspecified atom stereocenters. The Balaban J connectivity index is 2.41. The lowest BCUT2D eigenvalue weighted by atomic mass is 10.2. The van der Waals surface area contributed by atoms with Gasteiger partial charge >= 0.3 is 0 Å². The van der Waals surface area contributed by atoms with Crippen LogP contribution in [-0.4, -0.2) is 34.8 Å². The fourth-order valence-corrected chi connectivity index (χ4v) is 1.41. The van der Waals surface area contributed by atoms with E-state index in [2.05, 4.69) is 4.98 Å². The third-order valence-corrected chi connectivity index (χ3v) is 2.33. The minimum Gasteiger partial charge on any atom is -0.344 e. The minimum atomic E-state index is -0.460. The van der Waals surface area contributed by atoms with Crippen LogP contribution in [0.4, 0.5) is 0 Å². The molecule has 0 aromatic carbocycles. The van der Waals surface area contributed by atoms with Gasteiger partial charge in [-0.1, -0.05) is 6.07 Å². The normalized spacial score (nSPS) is 12.2. The topological polar surface area (TPSA) is 33.2 Å². The third-order valence-electron chi connectivity index (χ3n) is 2.15. The summed E-state index contributed by atoms with van der Waals surface area (Å²) in [6, 6.07) is 5.76. The van der Waals surface area contributed by atoms with E-state index in [0.717, 1.165) is 12.1 Å². The number of rotatable bonds is 4. The maximum absolute atomic E-state index is 11.4. The molecule has 1 amide bonds. The molecule has 0 aliphatic carbocycles. The van der Waals surface area contributed by atoms with Crippen molar-refractivity contribution in [3.63, 3.8) is 0 Å². The predicted molar refractivity (Wildman–Crippen MR) is 60.9 cm³/mol. The van der Waals surface area contributed by atoms with E-state index in [0.29, 0.717) is 6.54 Å². The summed E-state index contributed by atoms with van der Waals surface area (Å²) < 4.78 is 0. The van der Waals surface area contributed by atoms with E-state index < -0.39 is 5.38 Å². The molecule has 0 aliphatic rings. The van der Waals surface area contributed by atoms with Gasteiger partial charge in [-0.15, -0.1) is 11.6 Å². The van der Waals surface area contributed by atoms with Crippen molar-refractivity contribution in [2.75, 3.05) is 13.6 Å². The molecular formula is C11H15ClN2O. The molecule has 1 atom stereocenters. The molecule has 1 rings (SSSR count). The van der Waals surface area contributed by atoms with Crippen LogP contribution in [0.2, 0.25) is 0 Å². The fourth-order valence-electron chi connectivity index (χ4n) is 1.24. The van der Waals surface area contributed by atoms with Gasteiger partial charge in [0.05, 0.1) is 0 Å². The number of halogens is 1. The summed E-state index contributed by atoms with van der Waals surface area (Å²) in [6.45, 7) is 2.33. The van der Waals surface area contributed by atoms with E-state index >= 15 is 0 Å². The highest BCUT2D eigenvalue weighted by Gasteiger charge is 2.14. The van der Waals surface area contributed by atoms with E-state index in [1.54, 1.807) is 25.1 Å². The molecule has 1 heterocycles. The molecule has 0 spiro atoms. The van der Waals surface area contributed by atoms with Crippen LogP contribution in [-0.2, 0) is 11.2 Å². The summed E-state index contributed by atoms with van der Waals surface area (Å²) in [6.07, 6.45) is 2.51. The van der Waals surface area contributed by atoms with Crippen LogP contribution >= 0.6 is 11.6 Å². The van der Waals surface area contributed by atoms with E-state index in [1.165, 1.54) is 0 Å². The number of pyridine rings is 1.